The highest BCUT2D eigenvalue weighted by Gasteiger charge is 2.32. The van der Waals surface area contributed by atoms with Gasteiger partial charge in [0.25, 0.3) is 0 Å². The molecule has 0 bridgehead atoms. The van der Waals surface area contributed by atoms with Crippen molar-refractivity contribution in [2.45, 2.75) is 37.8 Å². The zero-order valence-corrected chi connectivity index (χ0v) is 18.9. The van der Waals surface area contributed by atoms with Gasteiger partial charge in [0.2, 0.25) is 17.7 Å². The number of nitrogens with zero attached hydrogens (tertiary/aromatic N) is 4. The van der Waals surface area contributed by atoms with Crippen molar-refractivity contribution in [3.63, 3.8) is 0 Å². The second-order valence-electron chi connectivity index (χ2n) is 8.11. The van der Waals surface area contributed by atoms with Crippen LogP contribution >= 0.6 is 0 Å². The highest BCUT2D eigenvalue weighted by atomic mass is 16.5. The number of nitrogens with one attached hydrogen (secondary N) is 1. The number of hydrogen-bond donors (Lipinski definition) is 1. The van der Waals surface area contributed by atoms with Crippen molar-refractivity contribution >= 4 is 17.6 Å². The van der Waals surface area contributed by atoms with Gasteiger partial charge in [0.1, 0.15) is 18.4 Å². The maximum absolute atomic E-state index is 12.8. The van der Waals surface area contributed by atoms with E-state index in [9.17, 15) is 9.59 Å². The maximum atomic E-state index is 12.8. The molecule has 1 saturated carbocycles. The summed E-state index contributed by atoms with van der Waals surface area (Å²) in [6.07, 6.45) is 6.34. The fraction of sp³-hybridized carbons (Fsp3) is 0.478. The molecule has 176 valence electrons. The van der Waals surface area contributed by atoms with E-state index in [2.05, 4.69) is 15.3 Å². The summed E-state index contributed by atoms with van der Waals surface area (Å²) in [5, 5.41) is 3.07. The lowest BCUT2D eigenvalue weighted by atomic mass is 9.93. The molecule has 4 rings (SSSR count). The average molecular weight is 456 g/mol. The van der Waals surface area contributed by atoms with Gasteiger partial charge in [-0.25, -0.2) is 4.79 Å². The quantitative estimate of drug-likeness (QED) is 0.651. The molecule has 1 N–H and O–H groups in total. The first-order valence-corrected chi connectivity index (χ1v) is 11.1. The molecular weight excluding hydrogens is 426 g/mol. The van der Waals surface area contributed by atoms with Gasteiger partial charge in [-0.3, -0.25) is 14.7 Å². The van der Waals surface area contributed by atoms with Crippen LogP contribution in [0, 0.1) is 0 Å². The third-order valence-electron chi connectivity index (χ3n) is 5.94. The highest BCUT2D eigenvalue weighted by Crippen LogP contribution is 2.25. The van der Waals surface area contributed by atoms with Crippen molar-refractivity contribution in [2.75, 3.05) is 38.8 Å². The number of rotatable bonds is 8. The molecule has 0 atom stereocenters. The summed E-state index contributed by atoms with van der Waals surface area (Å²) in [6, 6.07) is 7.24. The fourth-order valence-electron chi connectivity index (χ4n) is 4.16. The highest BCUT2D eigenvalue weighted by molar-refractivity contribution is 5.96. The molecule has 1 aromatic heterocycles. The molecule has 10 heteroatoms. The molecule has 2 aliphatic rings. The number of hydrogen-bond acceptors (Lipinski definition) is 7. The van der Waals surface area contributed by atoms with Crippen LogP contribution < -0.4 is 24.4 Å². The van der Waals surface area contributed by atoms with Crippen LogP contribution in [0.25, 0.3) is 0 Å². The van der Waals surface area contributed by atoms with E-state index in [-0.39, 0.29) is 30.6 Å². The van der Waals surface area contributed by atoms with Crippen molar-refractivity contribution in [3.8, 4) is 17.5 Å². The van der Waals surface area contributed by atoms with Crippen molar-refractivity contribution in [3.05, 3.63) is 36.7 Å². The van der Waals surface area contributed by atoms with Crippen LogP contribution in [0.4, 0.5) is 10.5 Å². The molecule has 2 heterocycles. The summed E-state index contributed by atoms with van der Waals surface area (Å²) in [6.45, 7) is 1.12. The zero-order chi connectivity index (χ0) is 23.2. The predicted molar refractivity (Wildman–Crippen MR) is 121 cm³/mol. The Hall–Kier alpha value is -3.56. The summed E-state index contributed by atoms with van der Waals surface area (Å²) in [5.41, 5.74) is 0.794. The summed E-state index contributed by atoms with van der Waals surface area (Å²) < 4.78 is 16.1. The number of aromatic nitrogens is 2. The summed E-state index contributed by atoms with van der Waals surface area (Å²) in [4.78, 5) is 36.9. The topological polar surface area (TPSA) is 106 Å². The Kier molecular flexibility index (Phi) is 7.11. The number of methoxy groups -OCH3 is 2. The molecule has 1 aliphatic carbocycles. The van der Waals surface area contributed by atoms with Gasteiger partial charge in [-0.2, -0.15) is 4.98 Å². The Morgan fingerprint density at radius 3 is 2.45 bits per heavy atom. The predicted octanol–water partition coefficient (Wildman–Crippen LogP) is 2.24. The Bertz CT molecular complexity index is 962. The first-order valence-electron chi connectivity index (χ1n) is 11.1. The molecular formula is C23H29N5O5. The normalized spacial score (nSPS) is 20.5. The summed E-state index contributed by atoms with van der Waals surface area (Å²) in [5.74, 6) is 1.45. The number of carbonyl (C=O) groups excluding carboxylic acids is 2. The largest absolute Gasteiger partial charge is 0.497 e. The first kappa shape index (κ1) is 22.6. The average Bonchev–Trinajstić information content (AvgIpc) is 3.20. The van der Waals surface area contributed by atoms with Crippen LogP contribution in [-0.2, 0) is 4.79 Å². The standard InChI is InChI=1S/C23H29N5O5/c1-31-18-9-5-17(6-10-18)28-12-11-27(23(28)30)15-20(29)25-16-3-7-19(8-4-16)33-22-14-24-13-21(26-22)32-2/h5-6,9-10,13-14,16,19H,3-4,7-8,11-12,15H2,1-2H3,(H,25,29). The first-order chi connectivity index (χ1) is 16.1. The number of amides is 3. The minimum atomic E-state index is -0.160. The third kappa shape index (κ3) is 5.63. The summed E-state index contributed by atoms with van der Waals surface area (Å²) in [7, 11) is 3.14. The van der Waals surface area contributed by atoms with Crippen molar-refractivity contribution in [1.29, 1.82) is 0 Å². The van der Waals surface area contributed by atoms with Gasteiger partial charge in [-0.15, -0.1) is 0 Å². The van der Waals surface area contributed by atoms with E-state index >= 15 is 0 Å². The second-order valence-corrected chi connectivity index (χ2v) is 8.11. The molecule has 2 fully saturated rings. The van der Waals surface area contributed by atoms with Crippen LogP contribution in [0.5, 0.6) is 17.5 Å². The van der Waals surface area contributed by atoms with Crippen LogP contribution in [0.1, 0.15) is 25.7 Å². The molecule has 10 nitrogen and oxygen atoms in total. The van der Waals surface area contributed by atoms with E-state index in [1.54, 1.807) is 23.1 Å². The lowest BCUT2D eigenvalue weighted by Gasteiger charge is -2.29. The van der Waals surface area contributed by atoms with Gasteiger partial charge in [-0.05, 0) is 49.9 Å². The van der Waals surface area contributed by atoms with Crippen LogP contribution in [-0.4, -0.2) is 72.8 Å². The molecule has 2 aromatic rings. The molecule has 0 radical (unpaired) electrons. The van der Waals surface area contributed by atoms with Gasteiger partial charge >= 0.3 is 6.03 Å². The van der Waals surface area contributed by atoms with Crippen LogP contribution in [0.15, 0.2) is 36.7 Å². The Morgan fingerprint density at radius 2 is 1.76 bits per heavy atom. The monoisotopic (exact) mass is 455 g/mol. The zero-order valence-electron chi connectivity index (χ0n) is 18.9. The number of ether oxygens (including phenoxy) is 3. The number of urea groups is 1. The van der Waals surface area contributed by atoms with E-state index < -0.39 is 0 Å². The third-order valence-corrected chi connectivity index (χ3v) is 5.94. The molecule has 1 aromatic carbocycles. The number of carbonyl (C=O) groups is 2. The molecule has 3 amide bonds. The maximum Gasteiger partial charge on any atom is 0.325 e. The Balaban J connectivity index is 1.21. The van der Waals surface area contributed by atoms with Crippen molar-refractivity contribution in [1.82, 2.24) is 20.2 Å². The SMILES string of the molecule is COc1ccc(N2CCN(CC(=O)NC3CCC(Oc4cncc(OC)n4)CC3)C2=O)cc1. The molecule has 0 spiro atoms. The molecule has 1 saturated heterocycles. The second kappa shape index (κ2) is 10.4. The van der Waals surface area contributed by atoms with Crippen molar-refractivity contribution < 1.29 is 23.8 Å². The van der Waals surface area contributed by atoms with E-state index in [0.717, 1.165) is 37.1 Å². The molecule has 33 heavy (non-hydrogen) atoms. The molecule has 1 aliphatic heterocycles. The van der Waals surface area contributed by atoms with Crippen LogP contribution in [0.3, 0.4) is 0 Å². The van der Waals surface area contributed by atoms with E-state index in [1.165, 1.54) is 13.3 Å². The number of anilines is 1. The van der Waals surface area contributed by atoms with Crippen LogP contribution in [0.2, 0.25) is 0 Å². The number of benzene rings is 1. The lowest BCUT2D eigenvalue weighted by Crippen LogP contribution is -2.45. The van der Waals surface area contributed by atoms with E-state index in [4.69, 9.17) is 14.2 Å². The summed E-state index contributed by atoms with van der Waals surface area (Å²) >= 11 is 0. The smallest absolute Gasteiger partial charge is 0.325 e. The Morgan fingerprint density at radius 1 is 1.03 bits per heavy atom. The van der Waals surface area contributed by atoms with Gasteiger partial charge in [0, 0.05) is 24.8 Å². The lowest BCUT2D eigenvalue weighted by molar-refractivity contribution is -0.122. The van der Waals surface area contributed by atoms with Gasteiger partial charge in [-0.1, -0.05) is 0 Å². The van der Waals surface area contributed by atoms with E-state index in [1.807, 2.05) is 24.3 Å². The van der Waals surface area contributed by atoms with E-state index in [0.29, 0.717) is 24.8 Å². The van der Waals surface area contributed by atoms with Gasteiger partial charge < -0.3 is 24.4 Å². The van der Waals surface area contributed by atoms with Gasteiger partial charge in [0.05, 0.1) is 26.6 Å². The van der Waals surface area contributed by atoms with Gasteiger partial charge in [0.15, 0.2) is 0 Å². The Labute approximate surface area is 192 Å². The van der Waals surface area contributed by atoms with Crippen molar-refractivity contribution in [2.24, 2.45) is 0 Å². The minimum absolute atomic E-state index is 0.0257. The fourth-order valence-corrected chi connectivity index (χ4v) is 4.16. The minimum Gasteiger partial charge on any atom is -0.497 e. The molecule has 0 unspecified atom stereocenters.